The molecular weight excluding hydrogens is 570 g/mol. The number of nitrogens with two attached hydrogens (primary N) is 1. The fourth-order valence-electron chi connectivity index (χ4n) is 3.68. The number of hydrogen-bond donors (Lipinski definition) is 6. The van der Waals surface area contributed by atoms with Crippen LogP contribution in [0.4, 0.5) is 4.79 Å². The number of carboxylic acid groups (broad SMARTS) is 1. The number of alkyl carbamates (subject to hydrolysis) is 1. The highest BCUT2D eigenvalue weighted by molar-refractivity contribution is 7.87. The van der Waals surface area contributed by atoms with Crippen molar-refractivity contribution in [3.8, 4) is 0 Å². The maximum absolute atomic E-state index is 13.2. The second-order valence-electron chi connectivity index (χ2n) is 10.1. The zero-order chi connectivity index (χ0) is 31.5. The minimum atomic E-state index is -4.38. The standard InChI is InChI=1S/C27H37N5O9S/c1-27(2,25(36)37)31-42(39,40)32(3)16-22(33)20(14-18-10-6-4-7-11-18)29-24(35)21(15-23(28)34)30-26(38)41-17-19-12-8-5-9-13-19/h4-13,20-22,31,33H,14-17H2,1-3H3,(H2,28,34)(H,29,35)(H,30,38)(H,36,37)/t20-,21-,22+/m0/s1. The molecule has 230 valence electrons. The molecule has 15 heteroatoms. The average molecular weight is 608 g/mol. The molecule has 0 heterocycles. The van der Waals surface area contributed by atoms with Crippen molar-refractivity contribution >= 4 is 34.1 Å². The summed E-state index contributed by atoms with van der Waals surface area (Å²) in [7, 11) is -3.25. The smallest absolute Gasteiger partial charge is 0.408 e. The Morgan fingerprint density at radius 1 is 0.976 bits per heavy atom. The molecule has 0 saturated carbocycles. The van der Waals surface area contributed by atoms with E-state index in [0.29, 0.717) is 15.4 Å². The van der Waals surface area contributed by atoms with E-state index in [1.807, 2.05) is 4.72 Å². The molecule has 2 aromatic carbocycles. The lowest BCUT2D eigenvalue weighted by molar-refractivity contribution is -0.142. The number of benzene rings is 2. The molecule has 2 rings (SSSR count). The number of aliphatic hydroxyl groups is 1. The van der Waals surface area contributed by atoms with Gasteiger partial charge in [0.1, 0.15) is 18.2 Å². The molecular formula is C27H37N5O9S. The van der Waals surface area contributed by atoms with Crippen LogP contribution in [0.3, 0.4) is 0 Å². The molecule has 7 N–H and O–H groups in total. The third-order valence-electron chi connectivity index (χ3n) is 6.09. The van der Waals surface area contributed by atoms with Crippen LogP contribution in [0.2, 0.25) is 0 Å². The molecule has 0 fully saturated rings. The van der Waals surface area contributed by atoms with Gasteiger partial charge in [-0.15, -0.1) is 0 Å². The summed E-state index contributed by atoms with van der Waals surface area (Å²) in [5, 5.41) is 25.2. The Balaban J connectivity index is 2.19. The second kappa shape index (κ2) is 15.3. The van der Waals surface area contributed by atoms with Gasteiger partial charge in [-0.2, -0.15) is 17.4 Å². The van der Waals surface area contributed by atoms with Gasteiger partial charge in [0.25, 0.3) is 10.2 Å². The van der Waals surface area contributed by atoms with E-state index in [1.54, 1.807) is 60.7 Å². The molecule has 3 amide bonds. The minimum Gasteiger partial charge on any atom is -0.480 e. The van der Waals surface area contributed by atoms with Crippen LogP contribution in [0.1, 0.15) is 31.4 Å². The Kier molecular flexibility index (Phi) is 12.4. The van der Waals surface area contributed by atoms with Crippen molar-refractivity contribution in [3.05, 3.63) is 71.8 Å². The Labute approximate surface area is 244 Å². The van der Waals surface area contributed by atoms with Crippen molar-refractivity contribution in [2.45, 2.75) is 57.0 Å². The van der Waals surface area contributed by atoms with Gasteiger partial charge in [0.05, 0.1) is 18.6 Å². The molecule has 0 bridgehead atoms. The highest BCUT2D eigenvalue weighted by Gasteiger charge is 2.36. The first-order valence-electron chi connectivity index (χ1n) is 12.9. The van der Waals surface area contributed by atoms with Crippen LogP contribution in [0.15, 0.2) is 60.7 Å². The number of ether oxygens (including phenoxy) is 1. The maximum Gasteiger partial charge on any atom is 0.408 e. The molecule has 0 radical (unpaired) electrons. The first-order chi connectivity index (χ1) is 19.6. The van der Waals surface area contributed by atoms with Crippen LogP contribution in [-0.2, 0) is 42.4 Å². The van der Waals surface area contributed by atoms with E-state index in [-0.39, 0.29) is 13.0 Å². The Morgan fingerprint density at radius 3 is 2.05 bits per heavy atom. The highest BCUT2D eigenvalue weighted by atomic mass is 32.2. The number of carbonyl (C=O) groups is 4. The number of amides is 3. The number of aliphatic carboxylic acids is 1. The molecule has 3 atom stereocenters. The number of carboxylic acids is 1. The Morgan fingerprint density at radius 2 is 1.52 bits per heavy atom. The van der Waals surface area contributed by atoms with Crippen molar-refractivity contribution in [1.29, 1.82) is 0 Å². The van der Waals surface area contributed by atoms with Crippen LogP contribution in [0.25, 0.3) is 0 Å². The summed E-state index contributed by atoms with van der Waals surface area (Å²) < 4.78 is 33.4. The maximum atomic E-state index is 13.2. The summed E-state index contributed by atoms with van der Waals surface area (Å²) in [5.41, 5.74) is 4.82. The topological polar surface area (TPSA) is 217 Å². The van der Waals surface area contributed by atoms with E-state index in [1.165, 1.54) is 0 Å². The number of likely N-dealkylation sites (N-methyl/N-ethyl adjacent to an activating group) is 1. The third-order valence-corrected chi connectivity index (χ3v) is 7.83. The number of aliphatic hydroxyl groups excluding tert-OH is 1. The van der Waals surface area contributed by atoms with E-state index >= 15 is 0 Å². The van der Waals surface area contributed by atoms with Gasteiger partial charge in [-0.1, -0.05) is 60.7 Å². The number of primary amides is 1. The fraction of sp³-hybridized carbons (Fsp3) is 0.407. The molecule has 0 saturated heterocycles. The monoisotopic (exact) mass is 607 g/mol. The van der Waals surface area contributed by atoms with Crippen molar-refractivity contribution in [1.82, 2.24) is 19.7 Å². The van der Waals surface area contributed by atoms with E-state index in [0.717, 1.165) is 20.9 Å². The zero-order valence-electron chi connectivity index (χ0n) is 23.5. The minimum absolute atomic E-state index is 0.0391. The lowest BCUT2D eigenvalue weighted by atomic mass is 10.00. The number of nitrogens with zero attached hydrogens (tertiary/aromatic N) is 1. The summed E-state index contributed by atoms with van der Waals surface area (Å²) in [6.07, 6.45) is -3.04. The summed E-state index contributed by atoms with van der Waals surface area (Å²) in [4.78, 5) is 48.7. The van der Waals surface area contributed by atoms with Gasteiger partial charge in [-0.3, -0.25) is 14.4 Å². The molecule has 0 aliphatic heterocycles. The van der Waals surface area contributed by atoms with Gasteiger partial charge < -0.3 is 31.3 Å². The summed E-state index contributed by atoms with van der Waals surface area (Å²) in [6.45, 7) is 1.68. The number of hydrogen-bond acceptors (Lipinski definition) is 8. The predicted molar refractivity (Wildman–Crippen MR) is 152 cm³/mol. The fourth-order valence-corrected chi connectivity index (χ4v) is 4.92. The van der Waals surface area contributed by atoms with Crippen LogP contribution < -0.4 is 21.1 Å². The lowest BCUT2D eigenvalue weighted by Gasteiger charge is -2.30. The molecule has 14 nitrogen and oxygen atoms in total. The van der Waals surface area contributed by atoms with E-state index in [9.17, 15) is 37.8 Å². The molecule has 0 aliphatic carbocycles. The Hall–Kier alpha value is -4.05. The van der Waals surface area contributed by atoms with Gasteiger partial charge in [0.2, 0.25) is 11.8 Å². The molecule has 0 aromatic heterocycles. The molecule has 0 spiro atoms. The molecule has 0 aliphatic rings. The average Bonchev–Trinajstić information content (AvgIpc) is 2.91. The van der Waals surface area contributed by atoms with Crippen molar-refractivity contribution in [2.75, 3.05) is 13.6 Å². The number of nitrogens with one attached hydrogen (secondary N) is 3. The van der Waals surface area contributed by atoms with E-state index < -0.39 is 70.8 Å². The summed E-state index contributed by atoms with van der Waals surface area (Å²) >= 11 is 0. The van der Waals surface area contributed by atoms with Crippen molar-refractivity contribution in [3.63, 3.8) is 0 Å². The van der Waals surface area contributed by atoms with Gasteiger partial charge in [-0.25, -0.2) is 4.79 Å². The van der Waals surface area contributed by atoms with Crippen LogP contribution in [-0.4, -0.2) is 84.1 Å². The first kappa shape index (κ1) is 34.2. The predicted octanol–water partition coefficient (Wildman–Crippen LogP) is -0.125. The highest BCUT2D eigenvalue weighted by Crippen LogP contribution is 2.12. The lowest BCUT2D eigenvalue weighted by Crippen LogP contribution is -2.58. The quantitative estimate of drug-likeness (QED) is 0.150. The van der Waals surface area contributed by atoms with Gasteiger partial charge in [0, 0.05) is 13.6 Å². The molecule has 42 heavy (non-hydrogen) atoms. The Bertz CT molecular complexity index is 1320. The first-order valence-corrected chi connectivity index (χ1v) is 14.3. The number of carbonyl (C=O) groups excluding carboxylic acids is 3. The SMILES string of the molecule is CN(C[C@@H](O)[C@H](Cc1ccccc1)NC(=O)[C@H](CC(N)=O)NC(=O)OCc1ccccc1)S(=O)(=O)NC(C)(C)C(=O)O. The summed E-state index contributed by atoms with van der Waals surface area (Å²) in [5.74, 6) is -3.18. The molecule has 0 unspecified atom stereocenters. The van der Waals surface area contributed by atoms with Crippen LogP contribution in [0, 0.1) is 0 Å². The third kappa shape index (κ3) is 11.1. The number of rotatable bonds is 16. The van der Waals surface area contributed by atoms with E-state index in [2.05, 4.69) is 10.6 Å². The normalized spacial score (nSPS) is 13.9. The summed E-state index contributed by atoms with van der Waals surface area (Å²) in [6, 6.07) is 14.9. The molecule has 2 aromatic rings. The second-order valence-corrected chi connectivity index (χ2v) is 11.9. The van der Waals surface area contributed by atoms with Gasteiger partial charge in [0.15, 0.2) is 0 Å². The van der Waals surface area contributed by atoms with Gasteiger partial charge >= 0.3 is 12.1 Å². The van der Waals surface area contributed by atoms with Crippen molar-refractivity contribution in [2.24, 2.45) is 5.73 Å². The van der Waals surface area contributed by atoms with Crippen molar-refractivity contribution < 1.29 is 42.5 Å². The van der Waals surface area contributed by atoms with Crippen LogP contribution in [0.5, 0.6) is 0 Å². The van der Waals surface area contributed by atoms with E-state index in [4.69, 9.17) is 10.5 Å². The zero-order valence-corrected chi connectivity index (χ0v) is 24.3. The van der Waals surface area contributed by atoms with Crippen LogP contribution >= 0.6 is 0 Å². The van der Waals surface area contributed by atoms with Gasteiger partial charge in [-0.05, 0) is 31.4 Å². The largest absolute Gasteiger partial charge is 0.480 e.